The Morgan fingerprint density at radius 3 is 2.21 bits per heavy atom. The summed E-state index contributed by atoms with van der Waals surface area (Å²) < 4.78 is 0. The van der Waals surface area contributed by atoms with Crippen LogP contribution in [0.3, 0.4) is 0 Å². The zero-order chi connectivity index (χ0) is 14.0. The highest BCUT2D eigenvalue weighted by atomic mass is 16.1. The molecule has 0 aliphatic heterocycles. The lowest BCUT2D eigenvalue weighted by Gasteiger charge is -2.24. The van der Waals surface area contributed by atoms with Crippen LogP contribution in [-0.2, 0) is 4.79 Å². The summed E-state index contributed by atoms with van der Waals surface area (Å²) in [6, 6.07) is 9.74. The molecule has 1 atom stereocenters. The highest BCUT2D eigenvalue weighted by molar-refractivity contribution is 6.25. The highest BCUT2D eigenvalue weighted by Gasteiger charge is 2.29. The highest BCUT2D eigenvalue weighted by Crippen LogP contribution is 2.34. The van der Waals surface area contributed by atoms with Gasteiger partial charge in [0.25, 0.3) is 0 Å². The van der Waals surface area contributed by atoms with E-state index in [-0.39, 0.29) is 11.7 Å². The summed E-state index contributed by atoms with van der Waals surface area (Å²) in [5, 5.41) is 0. The number of carbonyl (C=O) groups is 1. The Morgan fingerprint density at radius 2 is 1.68 bits per heavy atom. The van der Waals surface area contributed by atoms with Crippen LogP contribution in [0.4, 0.5) is 0 Å². The van der Waals surface area contributed by atoms with Crippen LogP contribution < -0.4 is 0 Å². The lowest BCUT2D eigenvalue weighted by atomic mass is 9.77. The summed E-state index contributed by atoms with van der Waals surface area (Å²) in [4.78, 5) is 12.7. The normalized spacial score (nSPS) is 18.6. The molecule has 96 valence electrons. The second-order valence-corrected chi connectivity index (χ2v) is 4.99. The van der Waals surface area contributed by atoms with Crippen LogP contribution >= 0.6 is 0 Å². The summed E-state index contributed by atoms with van der Waals surface area (Å²) in [6.07, 6.45) is 3.88. The van der Waals surface area contributed by atoms with Crippen LogP contribution in [0.2, 0.25) is 0 Å². The Balaban J connectivity index is 2.52. The van der Waals surface area contributed by atoms with Crippen molar-refractivity contribution in [1.82, 2.24) is 0 Å². The second kappa shape index (κ2) is 5.23. The maximum Gasteiger partial charge on any atom is 0.174 e. The minimum Gasteiger partial charge on any atom is -0.293 e. The van der Waals surface area contributed by atoms with Gasteiger partial charge in [0.2, 0.25) is 0 Å². The van der Waals surface area contributed by atoms with Gasteiger partial charge in [-0.25, -0.2) is 0 Å². The van der Waals surface area contributed by atoms with Crippen LogP contribution in [0.25, 0.3) is 5.57 Å². The van der Waals surface area contributed by atoms with E-state index in [4.69, 9.17) is 0 Å². The van der Waals surface area contributed by atoms with Crippen LogP contribution in [0.1, 0.15) is 19.4 Å². The SMILES string of the molecule is C=C(C)C1=CC=C(c2ccccc2)C(=O)C1C(=C)C. The first-order valence-electron chi connectivity index (χ1n) is 6.35. The molecule has 1 aromatic rings. The van der Waals surface area contributed by atoms with E-state index >= 15 is 0 Å². The Hall–Kier alpha value is -2.15. The first kappa shape index (κ1) is 13.3. The molecule has 0 amide bonds. The molecule has 1 unspecified atom stereocenters. The molecular formula is C18H18O. The minimum absolute atomic E-state index is 0.110. The molecule has 0 fully saturated rings. The summed E-state index contributed by atoms with van der Waals surface area (Å²) >= 11 is 0. The fraction of sp³-hybridized carbons (Fsp3) is 0.167. The van der Waals surface area contributed by atoms with E-state index in [0.717, 1.165) is 27.9 Å². The molecule has 1 heteroatoms. The predicted molar refractivity (Wildman–Crippen MR) is 80.6 cm³/mol. The van der Waals surface area contributed by atoms with Gasteiger partial charge in [-0.15, -0.1) is 0 Å². The quantitative estimate of drug-likeness (QED) is 0.729. The van der Waals surface area contributed by atoms with Crippen LogP contribution in [0.15, 0.2) is 72.4 Å². The zero-order valence-electron chi connectivity index (χ0n) is 11.4. The molecule has 0 bridgehead atoms. The number of rotatable bonds is 3. The first-order valence-corrected chi connectivity index (χ1v) is 6.35. The topological polar surface area (TPSA) is 17.1 Å². The van der Waals surface area contributed by atoms with Gasteiger partial charge < -0.3 is 0 Å². The van der Waals surface area contributed by atoms with Crippen LogP contribution in [-0.4, -0.2) is 5.78 Å². The van der Waals surface area contributed by atoms with Crippen LogP contribution in [0.5, 0.6) is 0 Å². The van der Waals surface area contributed by atoms with Crippen molar-refractivity contribution in [3.63, 3.8) is 0 Å². The van der Waals surface area contributed by atoms with E-state index in [1.807, 2.05) is 56.3 Å². The maximum atomic E-state index is 12.7. The Bertz CT molecular complexity index is 600. The molecular weight excluding hydrogens is 232 g/mol. The van der Waals surface area contributed by atoms with E-state index in [1.54, 1.807) is 0 Å². The molecule has 2 rings (SSSR count). The van der Waals surface area contributed by atoms with Crippen molar-refractivity contribution < 1.29 is 4.79 Å². The smallest absolute Gasteiger partial charge is 0.174 e. The van der Waals surface area contributed by atoms with Gasteiger partial charge in [-0.05, 0) is 25.0 Å². The van der Waals surface area contributed by atoms with Gasteiger partial charge in [0, 0.05) is 5.57 Å². The van der Waals surface area contributed by atoms with Crippen molar-refractivity contribution >= 4 is 11.4 Å². The van der Waals surface area contributed by atoms with E-state index in [2.05, 4.69) is 13.2 Å². The van der Waals surface area contributed by atoms with Crippen molar-refractivity contribution in [3.05, 3.63) is 77.9 Å². The van der Waals surface area contributed by atoms with Gasteiger partial charge >= 0.3 is 0 Å². The first-order chi connectivity index (χ1) is 9.02. The number of hydrogen-bond donors (Lipinski definition) is 0. The molecule has 0 radical (unpaired) electrons. The van der Waals surface area contributed by atoms with Gasteiger partial charge in [-0.1, -0.05) is 66.8 Å². The van der Waals surface area contributed by atoms with Gasteiger partial charge in [-0.2, -0.15) is 0 Å². The molecule has 0 spiro atoms. The molecule has 1 aliphatic rings. The molecule has 1 aromatic carbocycles. The van der Waals surface area contributed by atoms with E-state index in [0.29, 0.717) is 0 Å². The lowest BCUT2D eigenvalue weighted by molar-refractivity contribution is -0.115. The number of hydrogen-bond acceptors (Lipinski definition) is 1. The van der Waals surface area contributed by atoms with Crippen molar-refractivity contribution in [2.45, 2.75) is 13.8 Å². The largest absolute Gasteiger partial charge is 0.293 e. The fourth-order valence-electron chi connectivity index (χ4n) is 2.38. The summed E-state index contributed by atoms with van der Waals surface area (Å²) in [5.41, 5.74) is 4.46. The Kier molecular flexibility index (Phi) is 3.66. The number of carbonyl (C=O) groups excluding carboxylic acids is 1. The number of allylic oxidation sites excluding steroid dienone is 6. The third kappa shape index (κ3) is 2.50. The van der Waals surface area contributed by atoms with E-state index in [1.165, 1.54) is 0 Å². The maximum absolute atomic E-state index is 12.7. The van der Waals surface area contributed by atoms with Gasteiger partial charge in [0.05, 0.1) is 5.92 Å². The summed E-state index contributed by atoms with van der Waals surface area (Å²) in [5.74, 6) is -0.156. The third-order valence-corrected chi connectivity index (χ3v) is 3.34. The molecule has 0 saturated carbocycles. The lowest BCUT2D eigenvalue weighted by Crippen LogP contribution is -2.22. The summed E-state index contributed by atoms with van der Waals surface area (Å²) in [6.45, 7) is 11.7. The molecule has 19 heavy (non-hydrogen) atoms. The van der Waals surface area contributed by atoms with E-state index in [9.17, 15) is 4.79 Å². The molecule has 1 aliphatic carbocycles. The fourth-order valence-corrected chi connectivity index (χ4v) is 2.38. The molecule has 0 saturated heterocycles. The average molecular weight is 250 g/mol. The van der Waals surface area contributed by atoms with Crippen molar-refractivity contribution in [2.24, 2.45) is 5.92 Å². The Labute approximate surface area is 114 Å². The minimum atomic E-state index is -0.266. The van der Waals surface area contributed by atoms with Crippen molar-refractivity contribution in [2.75, 3.05) is 0 Å². The predicted octanol–water partition coefficient (Wildman–Crippen LogP) is 4.35. The van der Waals surface area contributed by atoms with E-state index < -0.39 is 0 Å². The zero-order valence-corrected chi connectivity index (χ0v) is 11.4. The number of Topliss-reactive ketones (excluding diaryl/α,β-unsaturated/α-hetero) is 1. The van der Waals surface area contributed by atoms with Gasteiger partial charge in [-0.3, -0.25) is 4.79 Å². The molecule has 0 N–H and O–H groups in total. The van der Waals surface area contributed by atoms with Crippen molar-refractivity contribution in [1.29, 1.82) is 0 Å². The molecule has 0 aromatic heterocycles. The number of benzene rings is 1. The molecule has 0 heterocycles. The average Bonchev–Trinajstić information content (AvgIpc) is 2.38. The standard InChI is InChI=1S/C18H18O/c1-12(2)15-10-11-16(14-8-6-5-7-9-14)18(19)17(15)13(3)4/h5-11,17H,1,3H2,2,4H3. The third-order valence-electron chi connectivity index (χ3n) is 3.34. The molecule has 1 nitrogen and oxygen atoms in total. The Morgan fingerprint density at radius 1 is 1.05 bits per heavy atom. The van der Waals surface area contributed by atoms with Crippen molar-refractivity contribution in [3.8, 4) is 0 Å². The monoisotopic (exact) mass is 250 g/mol. The van der Waals surface area contributed by atoms with Gasteiger partial charge in [0.15, 0.2) is 5.78 Å². The van der Waals surface area contributed by atoms with Crippen LogP contribution in [0, 0.1) is 5.92 Å². The second-order valence-electron chi connectivity index (χ2n) is 4.99. The number of ketones is 1. The van der Waals surface area contributed by atoms with Gasteiger partial charge in [0.1, 0.15) is 0 Å². The summed E-state index contributed by atoms with van der Waals surface area (Å²) in [7, 11) is 0.